The van der Waals surface area contributed by atoms with Gasteiger partial charge < -0.3 is 4.57 Å². The van der Waals surface area contributed by atoms with Gasteiger partial charge in [0.25, 0.3) is 0 Å². The number of nitrogens with zero attached hydrogens (tertiary/aromatic N) is 3. The molecular weight excluding hydrogens is 246 g/mol. The minimum atomic E-state index is 0.425. The minimum Gasteiger partial charge on any atom is -0.307 e. The first-order valence-electron chi connectivity index (χ1n) is 6.28. The smallest absolute Gasteiger partial charge is 0.164 e. The third-order valence-electron chi connectivity index (χ3n) is 3.43. The highest BCUT2D eigenvalue weighted by atomic mass is 35.5. The predicted molar refractivity (Wildman–Crippen MR) is 72.8 cm³/mol. The molecule has 0 spiro atoms. The van der Waals surface area contributed by atoms with Crippen molar-refractivity contribution in [3.05, 3.63) is 35.2 Å². The maximum Gasteiger partial charge on any atom is 0.164 e. The average molecular weight is 262 g/mol. The van der Waals surface area contributed by atoms with Gasteiger partial charge in [0.05, 0.1) is 5.88 Å². The van der Waals surface area contributed by atoms with E-state index >= 15 is 0 Å². The topological polar surface area (TPSA) is 30.7 Å². The summed E-state index contributed by atoms with van der Waals surface area (Å²) >= 11 is 5.95. The van der Waals surface area contributed by atoms with Crippen LogP contribution in [0.5, 0.6) is 0 Å². The van der Waals surface area contributed by atoms with E-state index in [1.165, 1.54) is 29.5 Å². The highest BCUT2D eigenvalue weighted by Gasteiger charge is 2.29. The highest BCUT2D eigenvalue weighted by molar-refractivity contribution is 6.16. The van der Waals surface area contributed by atoms with Crippen LogP contribution in [0.15, 0.2) is 18.2 Å². The number of aryl methyl sites for hydroxylation is 2. The molecule has 1 heterocycles. The summed E-state index contributed by atoms with van der Waals surface area (Å²) in [6, 6.07) is 6.98. The second-order valence-corrected chi connectivity index (χ2v) is 5.26. The molecule has 0 amide bonds. The van der Waals surface area contributed by atoms with Crippen molar-refractivity contribution in [2.45, 2.75) is 38.6 Å². The molecule has 3 nitrogen and oxygen atoms in total. The number of aromatic nitrogens is 3. The maximum absolute atomic E-state index is 5.95. The van der Waals surface area contributed by atoms with Gasteiger partial charge >= 0.3 is 0 Å². The second kappa shape index (κ2) is 4.39. The molecular formula is C14H16ClN3. The first kappa shape index (κ1) is 11.7. The molecule has 1 saturated carbocycles. The molecule has 0 bridgehead atoms. The normalized spacial score (nSPS) is 15.1. The molecule has 1 aromatic carbocycles. The summed E-state index contributed by atoms with van der Waals surface area (Å²) in [4.78, 5) is 0. The standard InChI is InChI=1S/C14H16ClN3/c1-9-3-4-10(2)12(7-9)14-17-16-13(8-15)18(14)11-5-6-11/h3-4,7,11H,5-6,8H2,1-2H3. The van der Waals surface area contributed by atoms with Gasteiger partial charge in [-0.2, -0.15) is 0 Å². The molecule has 0 atom stereocenters. The predicted octanol–water partition coefficient (Wildman–Crippen LogP) is 3.64. The lowest BCUT2D eigenvalue weighted by molar-refractivity contribution is 0.711. The van der Waals surface area contributed by atoms with E-state index in [-0.39, 0.29) is 0 Å². The van der Waals surface area contributed by atoms with Crippen LogP contribution in [0, 0.1) is 13.8 Å². The fraction of sp³-hybridized carbons (Fsp3) is 0.429. The summed E-state index contributed by atoms with van der Waals surface area (Å²) in [7, 11) is 0. The Morgan fingerprint density at radius 3 is 2.72 bits per heavy atom. The van der Waals surface area contributed by atoms with Crippen molar-refractivity contribution in [2.24, 2.45) is 0 Å². The lowest BCUT2D eigenvalue weighted by atomic mass is 10.1. The fourth-order valence-electron chi connectivity index (χ4n) is 2.29. The lowest BCUT2D eigenvalue weighted by Crippen LogP contribution is -2.02. The van der Waals surface area contributed by atoms with Crippen molar-refractivity contribution in [1.82, 2.24) is 14.8 Å². The summed E-state index contributed by atoms with van der Waals surface area (Å²) in [6.07, 6.45) is 2.42. The molecule has 94 valence electrons. The zero-order chi connectivity index (χ0) is 12.7. The fourth-order valence-corrected chi connectivity index (χ4v) is 2.47. The van der Waals surface area contributed by atoms with Gasteiger partial charge in [0.1, 0.15) is 5.82 Å². The highest BCUT2D eigenvalue weighted by Crippen LogP contribution is 2.39. The van der Waals surface area contributed by atoms with Gasteiger partial charge in [-0.05, 0) is 38.3 Å². The van der Waals surface area contributed by atoms with Gasteiger partial charge in [0.2, 0.25) is 0 Å². The molecule has 1 fully saturated rings. The van der Waals surface area contributed by atoms with Crippen molar-refractivity contribution in [3.8, 4) is 11.4 Å². The Labute approximate surface area is 112 Å². The van der Waals surface area contributed by atoms with Crippen LogP contribution in [-0.4, -0.2) is 14.8 Å². The van der Waals surface area contributed by atoms with Crippen molar-refractivity contribution in [2.75, 3.05) is 0 Å². The molecule has 0 saturated heterocycles. The molecule has 1 aromatic heterocycles. The Kier molecular flexibility index (Phi) is 2.86. The largest absolute Gasteiger partial charge is 0.307 e. The SMILES string of the molecule is Cc1ccc(C)c(-c2nnc(CCl)n2C2CC2)c1. The summed E-state index contributed by atoms with van der Waals surface area (Å²) < 4.78 is 2.22. The van der Waals surface area contributed by atoms with Crippen molar-refractivity contribution in [1.29, 1.82) is 0 Å². The van der Waals surface area contributed by atoms with Crippen LogP contribution in [0.1, 0.15) is 35.8 Å². The van der Waals surface area contributed by atoms with E-state index in [9.17, 15) is 0 Å². The summed E-state index contributed by atoms with van der Waals surface area (Å²) in [5.41, 5.74) is 3.65. The maximum atomic E-state index is 5.95. The van der Waals surface area contributed by atoms with Crippen molar-refractivity contribution in [3.63, 3.8) is 0 Å². The first-order valence-corrected chi connectivity index (χ1v) is 6.81. The molecule has 0 aliphatic heterocycles. The number of alkyl halides is 1. The Hall–Kier alpha value is -1.35. The summed E-state index contributed by atoms with van der Waals surface area (Å²) in [5.74, 6) is 2.28. The first-order chi connectivity index (χ1) is 8.70. The lowest BCUT2D eigenvalue weighted by Gasteiger charge is -2.10. The molecule has 1 aliphatic rings. The zero-order valence-corrected chi connectivity index (χ0v) is 11.4. The van der Waals surface area contributed by atoms with E-state index < -0.39 is 0 Å². The van der Waals surface area contributed by atoms with Crippen molar-refractivity contribution >= 4 is 11.6 Å². The Morgan fingerprint density at radius 2 is 2.06 bits per heavy atom. The van der Waals surface area contributed by atoms with Gasteiger partial charge in [-0.15, -0.1) is 21.8 Å². The van der Waals surface area contributed by atoms with Gasteiger partial charge in [-0.3, -0.25) is 0 Å². The number of benzene rings is 1. The molecule has 4 heteroatoms. The third kappa shape index (κ3) is 1.93. The average Bonchev–Trinajstić information content (AvgIpc) is 3.12. The molecule has 0 unspecified atom stereocenters. The molecule has 0 N–H and O–H groups in total. The van der Waals surface area contributed by atoms with Gasteiger partial charge in [-0.1, -0.05) is 17.7 Å². The van der Waals surface area contributed by atoms with Crippen LogP contribution in [0.25, 0.3) is 11.4 Å². The molecule has 0 radical (unpaired) electrons. The van der Waals surface area contributed by atoms with Crippen LogP contribution in [0.4, 0.5) is 0 Å². The molecule has 3 rings (SSSR count). The third-order valence-corrected chi connectivity index (χ3v) is 3.67. The van der Waals surface area contributed by atoms with E-state index in [0.29, 0.717) is 11.9 Å². The Morgan fingerprint density at radius 1 is 1.28 bits per heavy atom. The Bertz CT molecular complexity index is 585. The monoisotopic (exact) mass is 261 g/mol. The van der Waals surface area contributed by atoms with E-state index in [1.54, 1.807) is 0 Å². The van der Waals surface area contributed by atoms with Crippen LogP contribution in [-0.2, 0) is 5.88 Å². The zero-order valence-electron chi connectivity index (χ0n) is 10.7. The second-order valence-electron chi connectivity index (χ2n) is 4.99. The minimum absolute atomic E-state index is 0.425. The molecule has 1 aliphatic carbocycles. The summed E-state index contributed by atoms with van der Waals surface area (Å²) in [6.45, 7) is 4.21. The number of hydrogen-bond acceptors (Lipinski definition) is 2. The number of halogens is 1. The van der Waals surface area contributed by atoms with Crippen molar-refractivity contribution < 1.29 is 0 Å². The van der Waals surface area contributed by atoms with E-state index in [4.69, 9.17) is 11.6 Å². The quantitative estimate of drug-likeness (QED) is 0.790. The number of hydrogen-bond donors (Lipinski definition) is 0. The molecule has 18 heavy (non-hydrogen) atoms. The van der Waals surface area contributed by atoms with Crippen LogP contribution in [0.2, 0.25) is 0 Å². The van der Waals surface area contributed by atoms with Crippen LogP contribution in [0.3, 0.4) is 0 Å². The van der Waals surface area contributed by atoms with Gasteiger partial charge in [-0.25, -0.2) is 0 Å². The van der Waals surface area contributed by atoms with E-state index in [0.717, 1.165) is 11.6 Å². The molecule has 2 aromatic rings. The van der Waals surface area contributed by atoms with Crippen LogP contribution < -0.4 is 0 Å². The van der Waals surface area contributed by atoms with Gasteiger partial charge in [0, 0.05) is 11.6 Å². The van der Waals surface area contributed by atoms with Crippen LogP contribution >= 0.6 is 11.6 Å². The van der Waals surface area contributed by atoms with Gasteiger partial charge in [0.15, 0.2) is 5.82 Å². The van der Waals surface area contributed by atoms with E-state index in [2.05, 4.69) is 46.8 Å². The van der Waals surface area contributed by atoms with E-state index in [1.807, 2.05) is 0 Å². The summed E-state index contributed by atoms with van der Waals surface area (Å²) in [5, 5.41) is 8.57. The number of rotatable bonds is 3. The Balaban J connectivity index is 2.16.